The fourth-order valence-corrected chi connectivity index (χ4v) is 9.17. The lowest BCUT2D eigenvalue weighted by Gasteiger charge is -2.50. The van der Waals surface area contributed by atoms with Crippen LogP contribution in [0.2, 0.25) is 0 Å². The molecule has 2 fully saturated rings. The molecule has 4 rings (SSSR count). The van der Waals surface area contributed by atoms with Gasteiger partial charge >= 0.3 is 11.9 Å². The quantitative estimate of drug-likeness (QED) is 0.102. The van der Waals surface area contributed by atoms with Crippen molar-refractivity contribution in [3.63, 3.8) is 0 Å². The molecule has 5 N–H and O–H groups in total. The Morgan fingerprint density at radius 1 is 0.952 bits per heavy atom. The normalized spacial score (nSPS) is 39.4. The van der Waals surface area contributed by atoms with E-state index < -0.39 is 121 Å². The minimum absolute atomic E-state index is 0.0441. The monoisotopic (exact) mass is 895 g/mol. The summed E-state index contributed by atoms with van der Waals surface area (Å²) in [7, 11) is 6.71. The molecule has 17 atom stereocenters. The first-order chi connectivity index (χ1) is 29.8. The van der Waals surface area contributed by atoms with E-state index in [-0.39, 0.29) is 32.3 Å². The highest BCUT2D eigenvalue weighted by molar-refractivity contribution is 5.70. The number of carbonyl (C=O) groups excluding carboxylic acids is 3. The summed E-state index contributed by atoms with van der Waals surface area (Å²) in [5.41, 5.74) is -0.309. The SMILES string of the molecule is CO[C@@H]1[C@@H](OC2O[C@H](C)[C@@H](O[C@@H]3C[C@@](C)(O)[C@@H](O)[C@H](C)O3)[C@H](N(C)C)[C@H]2O)[C@@H](CC=O)C[C@@H](C)[C@@H](OC(C)=O)/C=C/C(N(C)CCCc2ccccc2)C(O)CCOC(=O)C[C@H]1O. The van der Waals surface area contributed by atoms with Crippen LogP contribution in [0.1, 0.15) is 78.7 Å². The minimum Gasteiger partial charge on any atom is -0.465 e. The first-order valence-corrected chi connectivity index (χ1v) is 22.2. The fraction of sp³-hybridized carbons (Fsp3) is 0.761. The highest BCUT2D eigenvalue weighted by Gasteiger charge is 2.52. The third-order valence-electron chi connectivity index (χ3n) is 12.7. The second kappa shape index (κ2) is 24.6. The van der Waals surface area contributed by atoms with Crippen LogP contribution < -0.4 is 0 Å². The number of aliphatic hydroxyl groups excluding tert-OH is 4. The van der Waals surface area contributed by atoms with Gasteiger partial charge < -0.3 is 68.4 Å². The van der Waals surface area contributed by atoms with Crippen molar-refractivity contribution in [2.45, 2.75) is 171 Å². The van der Waals surface area contributed by atoms with Crippen molar-refractivity contribution in [3.05, 3.63) is 48.0 Å². The van der Waals surface area contributed by atoms with Crippen LogP contribution in [0.25, 0.3) is 0 Å². The van der Waals surface area contributed by atoms with Crippen molar-refractivity contribution >= 4 is 18.2 Å². The van der Waals surface area contributed by atoms with Gasteiger partial charge in [0.1, 0.15) is 36.8 Å². The molecule has 358 valence electrons. The second-order valence-electron chi connectivity index (χ2n) is 18.1. The summed E-state index contributed by atoms with van der Waals surface area (Å²) in [5.74, 6) is -2.50. The largest absolute Gasteiger partial charge is 0.465 e. The van der Waals surface area contributed by atoms with Gasteiger partial charge in [-0.2, -0.15) is 0 Å². The van der Waals surface area contributed by atoms with Gasteiger partial charge in [-0.25, -0.2) is 0 Å². The van der Waals surface area contributed by atoms with E-state index in [2.05, 4.69) is 12.1 Å². The molecular formula is C46H74N2O15. The van der Waals surface area contributed by atoms with E-state index in [9.17, 15) is 39.9 Å². The summed E-state index contributed by atoms with van der Waals surface area (Å²) in [6, 6.07) is 8.74. The molecule has 0 aliphatic carbocycles. The average Bonchev–Trinajstić information content (AvgIpc) is 3.20. The summed E-state index contributed by atoms with van der Waals surface area (Å²) in [6.45, 7) is 8.48. The average molecular weight is 895 g/mol. The van der Waals surface area contributed by atoms with Crippen LogP contribution in [0.15, 0.2) is 42.5 Å². The maximum Gasteiger partial charge on any atom is 0.308 e. The number of aryl methyl sites for hydroxylation is 1. The zero-order valence-electron chi connectivity index (χ0n) is 38.4. The fourth-order valence-electron chi connectivity index (χ4n) is 9.17. The number of esters is 2. The Labute approximate surface area is 372 Å². The van der Waals surface area contributed by atoms with Crippen molar-refractivity contribution < 1.29 is 73.1 Å². The van der Waals surface area contributed by atoms with Gasteiger partial charge in [-0.1, -0.05) is 43.3 Å². The Bertz CT molecular complexity index is 1580. The van der Waals surface area contributed by atoms with Gasteiger partial charge in [-0.05, 0) is 91.2 Å². The van der Waals surface area contributed by atoms with Crippen LogP contribution in [0.3, 0.4) is 0 Å². The topological polar surface area (TPSA) is 223 Å². The Hall–Kier alpha value is -2.91. The number of hydrogen-bond acceptors (Lipinski definition) is 17. The maximum absolute atomic E-state index is 13.2. The van der Waals surface area contributed by atoms with Crippen LogP contribution in [-0.2, 0) is 54.0 Å². The Kier molecular flexibility index (Phi) is 20.6. The third kappa shape index (κ3) is 14.8. The van der Waals surface area contributed by atoms with Gasteiger partial charge in [0.2, 0.25) is 0 Å². The molecule has 3 aliphatic rings. The third-order valence-corrected chi connectivity index (χ3v) is 12.7. The summed E-state index contributed by atoms with van der Waals surface area (Å²) in [6.07, 6.45) is -7.49. The Morgan fingerprint density at radius 2 is 1.65 bits per heavy atom. The Morgan fingerprint density at radius 3 is 2.27 bits per heavy atom. The van der Waals surface area contributed by atoms with Gasteiger partial charge in [-0.3, -0.25) is 14.5 Å². The number of methoxy groups -OCH3 is 1. The molecular weight excluding hydrogens is 821 g/mol. The zero-order valence-corrected chi connectivity index (χ0v) is 38.4. The number of aliphatic hydroxyl groups is 5. The molecule has 0 radical (unpaired) electrons. The van der Waals surface area contributed by atoms with Crippen molar-refractivity contribution in [3.8, 4) is 0 Å². The van der Waals surface area contributed by atoms with E-state index in [1.807, 2.05) is 37.1 Å². The first-order valence-electron chi connectivity index (χ1n) is 22.2. The molecule has 63 heavy (non-hydrogen) atoms. The van der Waals surface area contributed by atoms with E-state index >= 15 is 0 Å². The number of rotatable bonds is 14. The molecule has 2 saturated heterocycles. The first kappa shape index (κ1) is 52.7. The molecule has 17 heteroatoms. The molecule has 0 spiro atoms. The number of nitrogens with zero attached hydrogens (tertiary/aromatic N) is 2. The van der Waals surface area contributed by atoms with Crippen LogP contribution >= 0.6 is 0 Å². The lowest BCUT2D eigenvalue weighted by atomic mass is 9.82. The highest BCUT2D eigenvalue weighted by Crippen LogP contribution is 2.37. The van der Waals surface area contributed by atoms with Crippen LogP contribution in [-0.4, -0.2) is 186 Å². The van der Waals surface area contributed by atoms with Crippen LogP contribution in [0.5, 0.6) is 0 Å². The molecule has 3 unspecified atom stereocenters. The number of carbonyl (C=O) groups is 3. The number of hydrogen-bond donors (Lipinski definition) is 5. The van der Waals surface area contributed by atoms with E-state index in [0.717, 1.165) is 12.8 Å². The van der Waals surface area contributed by atoms with E-state index in [4.69, 9.17) is 33.2 Å². The number of cyclic esters (lactones) is 1. The van der Waals surface area contributed by atoms with Gasteiger partial charge in [0.25, 0.3) is 0 Å². The molecule has 0 amide bonds. The molecule has 0 bridgehead atoms. The predicted molar refractivity (Wildman–Crippen MR) is 230 cm³/mol. The smallest absolute Gasteiger partial charge is 0.308 e. The molecule has 3 heterocycles. The molecule has 17 nitrogen and oxygen atoms in total. The summed E-state index contributed by atoms with van der Waals surface area (Å²) >= 11 is 0. The Balaban J connectivity index is 1.65. The van der Waals surface area contributed by atoms with E-state index in [0.29, 0.717) is 12.8 Å². The lowest BCUT2D eigenvalue weighted by molar-refractivity contribution is -0.344. The van der Waals surface area contributed by atoms with Crippen molar-refractivity contribution in [1.29, 1.82) is 0 Å². The molecule has 3 aliphatic heterocycles. The van der Waals surface area contributed by atoms with E-state index in [1.54, 1.807) is 45.0 Å². The molecule has 1 aromatic rings. The minimum atomic E-state index is -1.52. The second-order valence-corrected chi connectivity index (χ2v) is 18.1. The number of ether oxygens (including phenoxy) is 7. The standard InChI is InChI=1S/C46H74N2O15/c1-27-24-32(19-22-49)42(63-45-40(54)39(47(6)7)41(28(2)60-45)62-38-26-46(5,56)44(55)29(3)59-38)43(57-9)35(52)25-37(53)58-23-20-34(51)33(17-18-36(27)61-30(4)50)48(8)21-13-16-31-14-11-10-12-15-31/h10-12,14-15,17-18,22,27-29,32-36,38-45,51-52,54-56H,13,16,19-21,23-26H2,1-9H3/b18-17+/t27-,28-,29+,32+,33?,34?,35-,36+,38-,39-,40-,41-,42+,43+,44+,45?,46-/m1/s1. The summed E-state index contributed by atoms with van der Waals surface area (Å²) in [5, 5.41) is 56.5. The van der Waals surface area contributed by atoms with Crippen LogP contribution in [0.4, 0.5) is 0 Å². The maximum atomic E-state index is 13.2. The van der Waals surface area contributed by atoms with Crippen molar-refractivity contribution in [1.82, 2.24) is 9.80 Å². The molecule has 0 saturated carbocycles. The number of aldehydes is 1. The zero-order chi connectivity index (χ0) is 46.6. The summed E-state index contributed by atoms with van der Waals surface area (Å²) in [4.78, 5) is 42.0. The lowest BCUT2D eigenvalue weighted by Crippen LogP contribution is -2.65. The number of likely N-dealkylation sites (N-methyl/N-ethyl adjacent to an activating group) is 2. The number of benzene rings is 1. The van der Waals surface area contributed by atoms with E-state index in [1.165, 1.54) is 26.5 Å². The van der Waals surface area contributed by atoms with Crippen molar-refractivity contribution in [2.24, 2.45) is 11.8 Å². The predicted octanol–water partition coefficient (Wildman–Crippen LogP) is 1.77. The van der Waals surface area contributed by atoms with Gasteiger partial charge in [-0.15, -0.1) is 0 Å². The summed E-state index contributed by atoms with van der Waals surface area (Å²) < 4.78 is 42.5. The van der Waals surface area contributed by atoms with Gasteiger partial charge in [0.15, 0.2) is 12.6 Å². The van der Waals surface area contributed by atoms with Crippen molar-refractivity contribution in [2.75, 3.05) is 41.4 Å². The van der Waals surface area contributed by atoms with Crippen LogP contribution in [0, 0.1) is 11.8 Å². The molecule has 1 aromatic carbocycles. The highest BCUT2D eigenvalue weighted by atomic mass is 16.7. The van der Waals surface area contributed by atoms with Gasteiger partial charge in [0.05, 0.1) is 61.2 Å². The van der Waals surface area contributed by atoms with Gasteiger partial charge in [0, 0.05) is 33.3 Å². The molecule has 0 aromatic heterocycles.